The minimum Gasteiger partial charge on any atom is -0.352 e. The third-order valence-electron chi connectivity index (χ3n) is 4.93. The third-order valence-corrected chi connectivity index (χ3v) is 4.93. The molecule has 27 heavy (non-hydrogen) atoms. The van der Waals surface area contributed by atoms with Crippen LogP contribution in [0.25, 0.3) is 0 Å². The van der Waals surface area contributed by atoms with Gasteiger partial charge in [0.05, 0.1) is 0 Å². The molecule has 1 aliphatic rings. The molecule has 1 saturated heterocycles. The predicted molar refractivity (Wildman–Crippen MR) is 100 cm³/mol. The van der Waals surface area contributed by atoms with Gasteiger partial charge in [-0.1, -0.05) is 32.9 Å². The number of hydrogen-bond acceptors (Lipinski definition) is 3. The van der Waals surface area contributed by atoms with Gasteiger partial charge < -0.3 is 10.6 Å². The van der Waals surface area contributed by atoms with Crippen molar-refractivity contribution < 1.29 is 18.8 Å². The molecule has 2 rings (SSSR count). The van der Waals surface area contributed by atoms with Gasteiger partial charge in [-0.3, -0.25) is 14.5 Å². The predicted octanol–water partition coefficient (Wildman–Crippen LogP) is 2.92. The van der Waals surface area contributed by atoms with Crippen LogP contribution in [0, 0.1) is 11.7 Å². The van der Waals surface area contributed by atoms with Crippen molar-refractivity contribution in [2.24, 2.45) is 5.92 Å². The molecule has 148 valence electrons. The molecule has 0 aromatic heterocycles. The number of halogens is 1. The van der Waals surface area contributed by atoms with Crippen LogP contribution in [-0.2, 0) is 15.1 Å². The van der Waals surface area contributed by atoms with Gasteiger partial charge in [-0.05, 0) is 49.8 Å². The van der Waals surface area contributed by atoms with E-state index in [9.17, 15) is 18.8 Å². The lowest BCUT2D eigenvalue weighted by molar-refractivity contribution is -0.135. The molecular weight excluding hydrogens is 349 g/mol. The number of hydrogen-bond donors (Lipinski definition) is 2. The summed E-state index contributed by atoms with van der Waals surface area (Å²) in [4.78, 5) is 38.6. The molecule has 0 unspecified atom stereocenters. The largest absolute Gasteiger partial charge is 0.352 e. The molecule has 6 nitrogen and oxygen atoms in total. The molecule has 0 saturated carbocycles. The Bertz CT molecular complexity index is 705. The Morgan fingerprint density at radius 3 is 2.37 bits per heavy atom. The summed E-state index contributed by atoms with van der Waals surface area (Å²) in [6.07, 6.45) is 2.11. The number of amides is 4. The highest BCUT2D eigenvalue weighted by atomic mass is 19.1. The van der Waals surface area contributed by atoms with Gasteiger partial charge in [0.15, 0.2) is 0 Å². The van der Waals surface area contributed by atoms with E-state index < -0.39 is 23.3 Å². The summed E-state index contributed by atoms with van der Waals surface area (Å²) in [5.41, 5.74) is -0.771. The Morgan fingerprint density at radius 1 is 1.19 bits per heavy atom. The maximum Gasteiger partial charge on any atom is 0.325 e. The first-order valence-electron chi connectivity index (χ1n) is 9.39. The van der Waals surface area contributed by atoms with Gasteiger partial charge in [0.2, 0.25) is 5.91 Å². The number of imide groups is 1. The van der Waals surface area contributed by atoms with Crippen molar-refractivity contribution in [1.29, 1.82) is 0 Å². The summed E-state index contributed by atoms with van der Waals surface area (Å²) in [5.74, 6) is -0.753. The van der Waals surface area contributed by atoms with Crippen LogP contribution in [0.5, 0.6) is 0 Å². The van der Waals surface area contributed by atoms with E-state index in [-0.39, 0.29) is 18.5 Å². The van der Waals surface area contributed by atoms with Crippen LogP contribution in [0.3, 0.4) is 0 Å². The second kappa shape index (κ2) is 8.50. The van der Waals surface area contributed by atoms with E-state index >= 15 is 0 Å². The maximum absolute atomic E-state index is 13.2. The summed E-state index contributed by atoms with van der Waals surface area (Å²) in [6, 6.07) is 4.81. The first-order valence-corrected chi connectivity index (χ1v) is 9.39. The highest BCUT2D eigenvalue weighted by molar-refractivity contribution is 6.09. The average Bonchev–Trinajstić information content (AvgIpc) is 2.85. The van der Waals surface area contributed by atoms with Gasteiger partial charge in [-0.2, -0.15) is 0 Å². The minimum absolute atomic E-state index is 0.0336. The number of carbonyl (C=O) groups excluding carboxylic acids is 3. The van der Waals surface area contributed by atoms with E-state index in [1.807, 2.05) is 6.92 Å². The van der Waals surface area contributed by atoms with Crippen LogP contribution in [0.1, 0.15) is 52.5 Å². The Labute approximate surface area is 159 Å². The first-order chi connectivity index (χ1) is 12.7. The van der Waals surface area contributed by atoms with Gasteiger partial charge in [-0.15, -0.1) is 0 Å². The van der Waals surface area contributed by atoms with E-state index in [0.29, 0.717) is 17.9 Å². The second-order valence-electron chi connectivity index (χ2n) is 7.53. The summed E-state index contributed by atoms with van der Waals surface area (Å²) < 4.78 is 13.2. The van der Waals surface area contributed by atoms with Crippen LogP contribution in [0.4, 0.5) is 9.18 Å². The second-order valence-corrected chi connectivity index (χ2v) is 7.53. The standard InChI is InChI=1S/C20H28FN3O3/c1-5-20(15-8-10-16(21)11-9-15)18(26)24(19(27)23-20)12-17(25)22-14(4)7-6-13(2)3/h8-11,13-14H,5-7,12H2,1-4H3,(H,22,25)(H,23,27)/t14-,20-/m0/s1. The quantitative estimate of drug-likeness (QED) is 0.684. The zero-order chi connectivity index (χ0) is 20.2. The monoisotopic (exact) mass is 377 g/mol. The van der Waals surface area contributed by atoms with Crippen LogP contribution in [-0.4, -0.2) is 35.3 Å². The Hall–Kier alpha value is -2.44. The van der Waals surface area contributed by atoms with E-state index in [1.54, 1.807) is 6.92 Å². The molecule has 2 N–H and O–H groups in total. The van der Waals surface area contributed by atoms with Crippen LogP contribution < -0.4 is 10.6 Å². The topological polar surface area (TPSA) is 78.5 Å². The van der Waals surface area contributed by atoms with Crippen molar-refractivity contribution in [3.05, 3.63) is 35.6 Å². The van der Waals surface area contributed by atoms with Crippen molar-refractivity contribution in [2.75, 3.05) is 6.54 Å². The van der Waals surface area contributed by atoms with Gasteiger partial charge in [0.25, 0.3) is 5.91 Å². The lowest BCUT2D eigenvalue weighted by Gasteiger charge is -2.25. The van der Waals surface area contributed by atoms with E-state index in [1.165, 1.54) is 24.3 Å². The zero-order valence-corrected chi connectivity index (χ0v) is 16.3. The van der Waals surface area contributed by atoms with E-state index in [2.05, 4.69) is 24.5 Å². The maximum atomic E-state index is 13.2. The molecule has 0 radical (unpaired) electrons. The number of nitrogens with one attached hydrogen (secondary N) is 2. The van der Waals surface area contributed by atoms with Crippen molar-refractivity contribution in [1.82, 2.24) is 15.5 Å². The average molecular weight is 377 g/mol. The minimum atomic E-state index is -1.27. The lowest BCUT2D eigenvalue weighted by atomic mass is 9.87. The Balaban J connectivity index is 2.08. The summed E-state index contributed by atoms with van der Waals surface area (Å²) in [5, 5.41) is 5.52. The van der Waals surface area contributed by atoms with Crippen molar-refractivity contribution >= 4 is 17.8 Å². The molecule has 1 aromatic carbocycles. The number of rotatable bonds is 8. The molecular formula is C20H28FN3O3. The molecule has 1 aromatic rings. The van der Waals surface area contributed by atoms with Gasteiger partial charge in [0.1, 0.15) is 17.9 Å². The SMILES string of the molecule is CC[C@@]1(c2ccc(F)cc2)NC(=O)N(CC(=O)N[C@@H](C)CCC(C)C)C1=O. The third kappa shape index (κ3) is 4.64. The lowest BCUT2D eigenvalue weighted by Crippen LogP contribution is -2.45. The van der Waals surface area contributed by atoms with Gasteiger partial charge in [-0.25, -0.2) is 9.18 Å². The highest BCUT2D eigenvalue weighted by Gasteiger charge is 2.51. The molecule has 7 heteroatoms. The Morgan fingerprint density at radius 2 is 1.81 bits per heavy atom. The van der Waals surface area contributed by atoms with Crippen molar-refractivity contribution in [2.45, 2.75) is 58.5 Å². The fourth-order valence-electron chi connectivity index (χ4n) is 3.26. The number of carbonyl (C=O) groups is 3. The molecule has 1 heterocycles. The van der Waals surface area contributed by atoms with Crippen LogP contribution in [0.15, 0.2) is 24.3 Å². The fourth-order valence-corrected chi connectivity index (χ4v) is 3.26. The first kappa shape index (κ1) is 20.9. The Kier molecular flexibility index (Phi) is 6.57. The molecule has 0 spiro atoms. The van der Waals surface area contributed by atoms with E-state index in [4.69, 9.17) is 0 Å². The smallest absolute Gasteiger partial charge is 0.325 e. The van der Waals surface area contributed by atoms with Gasteiger partial charge in [0, 0.05) is 6.04 Å². The summed E-state index contributed by atoms with van der Waals surface area (Å²) >= 11 is 0. The van der Waals surface area contributed by atoms with Crippen molar-refractivity contribution in [3.63, 3.8) is 0 Å². The molecule has 4 amide bonds. The molecule has 2 atom stereocenters. The zero-order valence-electron chi connectivity index (χ0n) is 16.3. The number of nitrogens with zero attached hydrogens (tertiary/aromatic N) is 1. The number of benzene rings is 1. The summed E-state index contributed by atoms with van der Waals surface area (Å²) in [6.45, 7) is 7.56. The molecule has 0 bridgehead atoms. The van der Waals surface area contributed by atoms with Crippen LogP contribution in [0.2, 0.25) is 0 Å². The fraction of sp³-hybridized carbons (Fsp3) is 0.550. The molecule has 0 aliphatic carbocycles. The van der Waals surface area contributed by atoms with Crippen LogP contribution >= 0.6 is 0 Å². The number of urea groups is 1. The van der Waals surface area contributed by atoms with Gasteiger partial charge >= 0.3 is 6.03 Å². The highest BCUT2D eigenvalue weighted by Crippen LogP contribution is 2.32. The molecule has 1 fully saturated rings. The normalized spacial score (nSPS) is 20.7. The van der Waals surface area contributed by atoms with E-state index in [0.717, 1.165) is 17.7 Å². The summed E-state index contributed by atoms with van der Waals surface area (Å²) in [7, 11) is 0. The molecule has 1 aliphatic heterocycles. The van der Waals surface area contributed by atoms with Crippen molar-refractivity contribution in [3.8, 4) is 0 Å².